The lowest BCUT2D eigenvalue weighted by atomic mass is 10.1. The molecule has 0 amide bonds. The lowest BCUT2D eigenvalue weighted by Gasteiger charge is -2.04. The Bertz CT molecular complexity index is 648. The normalized spacial score (nSPS) is 12.4. The van der Waals surface area contributed by atoms with Crippen LogP contribution < -0.4 is 5.73 Å². The van der Waals surface area contributed by atoms with Gasteiger partial charge in [0.05, 0.1) is 6.42 Å². The van der Waals surface area contributed by atoms with E-state index in [4.69, 9.17) is 15.9 Å². The standard InChI is InChI=1S/C14H16N2O4/c15-11(14(19)20)7-9-8-16(6-5-13(17)18)12-4-2-1-3-10(9)12/h1-4,8,11H,5-7,15H2,(H,17,18)(H,19,20)/t11-/m0/s1. The van der Waals surface area contributed by atoms with E-state index in [0.29, 0.717) is 6.54 Å². The Labute approximate surface area is 115 Å². The Hall–Kier alpha value is -2.34. The van der Waals surface area contributed by atoms with Crippen LogP contribution >= 0.6 is 0 Å². The van der Waals surface area contributed by atoms with E-state index in [1.807, 2.05) is 28.8 Å². The molecule has 0 unspecified atom stereocenters. The molecule has 106 valence electrons. The van der Waals surface area contributed by atoms with Crippen LogP contribution in [0, 0.1) is 0 Å². The fraction of sp³-hybridized carbons (Fsp3) is 0.286. The number of aromatic nitrogens is 1. The first-order chi connectivity index (χ1) is 9.49. The van der Waals surface area contributed by atoms with E-state index in [0.717, 1.165) is 16.5 Å². The van der Waals surface area contributed by atoms with Gasteiger partial charge < -0.3 is 20.5 Å². The van der Waals surface area contributed by atoms with Gasteiger partial charge >= 0.3 is 11.9 Å². The summed E-state index contributed by atoms with van der Waals surface area (Å²) >= 11 is 0. The van der Waals surface area contributed by atoms with Crippen LogP contribution in [0.3, 0.4) is 0 Å². The summed E-state index contributed by atoms with van der Waals surface area (Å²) in [5, 5.41) is 18.6. The van der Waals surface area contributed by atoms with E-state index in [1.165, 1.54) is 0 Å². The summed E-state index contributed by atoms with van der Waals surface area (Å²) in [7, 11) is 0. The molecule has 0 radical (unpaired) electrons. The zero-order valence-electron chi connectivity index (χ0n) is 10.8. The average Bonchev–Trinajstić information content (AvgIpc) is 2.75. The minimum Gasteiger partial charge on any atom is -0.481 e. The molecular formula is C14H16N2O4. The topological polar surface area (TPSA) is 106 Å². The zero-order chi connectivity index (χ0) is 14.7. The number of aryl methyl sites for hydroxylation is 1. The van der Waals surface area contributed by atoms with Crippen LogP contribution in [0.2, 0.25) is 0 Å². The highest BCUT2D eigenvalue weighted by Crippen LogP contribution is 2.22. The highest BCUT2D eigenvalue weighted by atomic mass is 16.4. The van der Waals surface area contributed by atoms with Gasteiger partial charge in [-0.3, -0.25) is 9.59 Å². The number of carboxylic acid groups (broad SMARTS) is 2. The van der Waals surface area contributed by atoms with Gasteiger partial charge in [0.2, 0.25) is 0 Å². The Morgan fingerprint density at radius 2 is 1.95 bits per heavy atom. The molecule has 6 heteroatoms. The molecule has 6 nitrogen and oxygen atoms in total. The lowest BCUT2D eigenvalue weighted by Crippen LogP contribution is -2.32. The molecule has 0 saturated carbocycles. The number of nitrogens with two attached hydrogens (primary N) is 1. The average molecular weight is 276 g/mol. The first kappa shape index (κ1) is 14.1. The molecule has 2 aromatic rings. The molecule has 2 rings (SSSR count). The molecule has 0 saturated heterocycles. The summed E-state index contributed by atoms with van der Waals surface area (Å²) in [6, 6.07) is 6.53. The van der Waals surface area contributed by atoms with Crippen molar-refractivity contribution in [3.63, 3.8) is 0 Å². The number of carboxylic acids is 2. The third-order valence-electron chi connectivity index (χ3n) is 3.19. The third kappa shape index (κ3) is 2.97. The smallest absolute Gasteiger partial charge is 0.320 e. The first-order valence-corrected chi connectivity index (χ1v) is 6.26. The maximum absolute atomic E-state index is 10.9. The van der Waals surface area contributed by atoms with Crippen molar-refractivity contribution in [1.82, 2.24) is 4.57 Å². The monoisotopic (exact) mass is 276 g/mol. The first-order valence-electron chi connectivity index (χ1n) is 6.26. The zero-order valence-corrected chi connectivity index (χ0v) is 10.8. The van der Waals surface area contributed by atoms with E-state index >= 15 is 0 Å². The van der Waals surface area contributed by atoms with Crippen molar-refractivity contribution in [2.75, 3.05) is 0 Å². The summed E-state index contributed by atoms with van der Waals surface area (Å²) < 4.78 is 1.83. The van der Waals surface area contributed by atoms with Crippen molar-refractivity contribution >= 4 is 22.8 Å². The van der Waals surface area contributed by atoms with Crippen LogP contribution in [0.1, 0.15) is 12.0 Å². The predicted molar refractivity (Wildman–Crippen MR) is 73.5 cm³/mol. The maximum atomic E-state index is 10.9. The van der Waals surface area contributed by atoms with Crippen LogP contribution in [0.4, 0.5) is 0 Å². The van der Waals surface area contributed by atoms with Crippen molar-refractivity contribution in [1.29, 1.82) is 0 Å². The summed E-state index contributed by atoms with van der Waals surface area (Å²) in [5.41, 5.74) is 7.28. The quantitative estimate of drug-likeness (QED) is 0.731. The number of fused-ring (bicyclic) bond motifs is 1. The van der Waals surface area contributed by atoms with Gasteiger partial charge in [0.25, 0.3) is 0 Å². The molecule has 0 fully saturated rings. The summed E-state index contributed by atoms with van der Waals surface area (Å²) in [5.74, 6) is -1.92. The molecule has 0 aliphatic carbocycles. The molecular weight excluding hydrogens is 260 g/mol. The second kappa shape index (κ2) is 5.75. The van der Waals surface area contributed by atoms with Gasteiger partial charge in [-0.25, -0.2) is 0 Å². The number of hydrogen-bond acceptors (Lipinski definition) is 3. The Morgan fingerprint density at radius 1 is 1.25 bits per heavy atom. The highest BCUT2D eigenvalue weighted by Gasteiger charge is 2.16. The van der Waals surface area contributed by atoms with Gasteiger partial charge in [-0.15, -0.1) is 0 Å². The van der Waals surface area contributed by atoms with Crippen LogP contribution in [0.15, 0.2) is 30.5 Å². The highest BCUT2D eigenvalue weighted by molar-refractivity contribution is 5.85. The van der Waals surface area contributed by atoms with E-state index in [9.17, 15) is 9.59 Å². The van der Waals surface area contributed by atoms with Gasteiger partial charge in [0.15, 0.2) is 0 Å². The molecule has 1 aromatic carbocycles. The molecule has 4 N–H and O–H groups in total. The minimum absolute atomic E-state index is 0.0170. The van der Waals surface area contributed by atoms with E-state index in [2.05, 4.69) is 0 Å². The molecule has 1 aromatic heterocycles. The molecule has 20 heavy (non-hydrogen) atoms. The number of rotatable bonds is 6. The fourth-order valence-electron chi connectivity index (χ4n) is 2.21. The number of aliphatic carboxylic acids is 2. The molecule has 1 atom stereocenters. The summed E-state index contributed by atoms with van der Waals surface area (Å²) in [6.45, 7) is 0.345. The lowest BCUT2D eigenvalue weighted by molar-refractivity contribution is -0.139. The van der Waals surface area contributed by atoms with Crippen LogP contribution in [0.5, 0.6) is 0 Å². The van der Waals surface area contributed by atoms with Crippen LogP contribution in [-0.4, -0.2) is 32.8 Å². The Balaban J connectivity index is 2.35. The maximum Gasteiger partial charge on any atom is 0.320 e. The second-order valence-electron chi connectivity index (χ2n) is 4.66. The minimum atomic E-state index is -1.05. The van der Waals surface area contributed by atoms with Gasteiger partial charge in [0.1, 0.15) is 6.04 Å². The van der Waals surface area contributed by atoms with E-state index in [1.54, 1.807) is 6.20 Å². The molecule has 0 spiro atoms. The largest absolute Gasteiger partial charge is 0.481 e. The Kier molecular flexibility index (Phi) is 4.05. The van der Waals surface area contributed by atoms with Gasteiger partial charge in [-0.05, 0) is 11.6 Å². The third-order valence-corrected chi connectivity index (χ3v) is 3.19. The number of hydrogen-bond donors (Lipinski definition) is 3. The van der Waals surface area contributed by atoms with Crippen molar-refractivity contribution < 1.29 is 19.8 Å². The number of nitrogens with zero attached hydrogens (tertiary/aromatic N) is 1. The van der Waals surface area contributed by atoms with Crippen molar-refractivity contribution in [3.05, 3.63) is 36.0 Å². The molecule has 0 bridgehead atoms. The molecule has 0 aliphatic heterocycles. The molecule has 1 heterocycles. The van der Waals surface area contributed by atoms with Crippen molar-refractivity contribution in [3.8, 4) is 0 Å². The second-order valence-corrected chi connectivity index (χ2v) is 4.66. The van der Waals surface area contributed by atoms with Gasteiger partial charge in [0, 0.05) is 30.1 Å². The SMILES string of the molecule is N[C@@H](Cc1cn(CCC(=O)O)c2ccccc12)C(=O)O. The van der Waals surface area contributed by atoms with Gasteiger partial charge in [-0.1, -0.05) is 18.2 Å². The fourth-order valence-corrected chi connectivity index (χ4v) is 2.21. The summed E-state index contributed by atoms with van der Waals surface area (Å²) in [6.07, 6.45) is 2.02. The van der Waals surface area contributed by atoms with Gasteiger partial charge in [-0.2, -0.15) is 0 Å². The number of carbonyl (C=O) groups is 2. The number of para-hydroxylation sites is 1. The van der Waals surface area contributed by atoms with E-state index in [-0.39, 0.29) is 12.8 Å². The van der Waals surface area contributed by atoms with E-state index < -0.39 is 18.0 Å². The van der Waals surface area contributed by atoms with Crippen molar-refractivity contribution in [2.45, 2.75) is 25.4 Å². The molecule has 0 aliphatic rings. The van der Waals surface area contributed by atoms with Crippen LogP contribution in [0.25, 0.3) is 10.9 Å². The van der Waals surface area contributed by atoms with Crippen LogP contribution in [-0.2, 0) is 22.6 Å². The Morgan fingerprint density at radius 3 is 2.60 bits per heavy atom. The summed E-state index contributed by atoms with van der Waals surface area (Å²) in [4.78, 5) is 21.5. The predicted octanol–water partition coefficient (Wildman–Crippen LogP) is 1.07. The van der Waals surface area contributed by atoms with Crippen molar-refractivity contribution in [2.24, 2.45) is 5.73 Å². The number of benzene rings is 1.